The lowest BCUT2D eigenvalue weighted by Gasteiger charge is -2.36. The predicted molar refractivity (Wildman–Crippen MR) is 174 cm³/mol. The Morgan fingerprint density at radius 2 is 1.67 bits per heavy atom. The fourth-order valence-electron chi connectivity index (χ4n) is 6.83. The largest absolute Gasteiger partial charge is 0.354 e. The molecule has 2 fully saturated rings. The fourth-order valence-corrected chi connectivity index (χ4v) is 6.83. The number of amides is 1. The molecule has 9 nitrogen and oxygen atoms in total. The van der Waals surface area contributed by atoms with Crippen LogP contribution < -0.4 is 16.6 Å². The van der Waals surface area contributed by atoms with E-state index in [0.717, 1.165) is 56.1 Å². The zero-order valence-corrected chi connectivity index (χ0v) is 26.2. The van der Waals surface area contributed by atoms with E-state index in [4.69, 9.17) is 0 Å². The van der Waals surface area contributed by atoms with Crippen LogP contribution in [0.4, 0.5) is 4.39 Å². The van der Waals surface area contributed by atoms with E-state index in [1.54, 1.807) is 0 Å². The number of hydrogen-bond acceptors (Lipinski definition) is 6. The van der Waals surface area contributed by atoms with Gasteiger partial charge in [-0.15, -0.1) is 0 Å². The summed E-state index contributed by atoms with van der Waals surface area (Å²) in [6.07, 6.45) is 3.43. The Balaban J connectivity index is 1.30. The van der Waals surface area contributed by atoms with Gasteiger partial charge in [-0.3, -0.25) is 24.0 Å². The summed E-state index contributed by atoms with van der Waals surface area (Å²) in [5.41, 5.74) is 2.81. The summed E-state index contributed by atoms with van der Waals surface area (Å²) >= 11 is 0. The summed E-state index contributed by atoms with van der Waals surface area (Å²) < 4.78 is 17.1. The molecule has 3 heterocycles. The molecule has 1 saturated heterocycles. The number of nitrogens with zero attached hydrogens (tertiary/aromatic N) is 5. The standard InChI is InChI=1S/C35H41FN6O3/c1-23(2)40-17-15-39(16-18-40)22-25-7-9-26(10-8-25)27-5-4-6-31(19-27)41-33-32(20-28(36)21-37-33)34(44)42(35(41)45)30-13-11-29(12-14-30)38-24(3)43/h4-10,19-21,23,29-30H,11-18,22H2,1-3H3,(H,38,43)/t29-,30+. The predicted octanol–water partition coefficient (Wildman–Crippen LogP) is 4.50. The van der Waals surface area contributed by atoms with E-state index in [2.05, 4.69) is 58.2 Å². The van der Waals surface area contributed by atoms with E-state index in [-0.39, 0.29) is 29.0 Å². The van der Waals surface area contributed by atoms with Gasteiger partial charge < -0.3 is 5.32 Å². The van der Waals surface area contributed by atoms with Crippen molar-refractivity contribution in [1.29, 1.82) is 0 Å². The first-order valence-corrected chi connectivity index (χ1v) is 15.9. The third kappa shape index (κ3) is 6.62. The molecule has 0 unspecified atom stereocenters. The quantitative estimate of drug-likeness (QED) is 0.331. The Kier molecular flexibility index (Phi) is 8.96. The van der Waals surface area contributed by atoms with Crippen molar-refractivity contribution < 1.29 is 9.18 Å². The molecule has 1 aliphatic carbocycles. The van der Waals surface area contributed by atoms with E-state index in [1.165, 1.54) is 21.6 Å². The lowest BCUT2D eigenvalue weighted by Crippen LogP contribution is -2.48. The molecule has 4 aromatic rings. The average Bonchev–Trinajstić information content (AvgIpc) is 3.03. The van der Waals surface area contributed by atoms with Crippen LogP contribution in [0.2, 0.25) is 0 Å². The van der Waals surface area contributed by atoms with Crippen LogP contribution in [0.3, 0.4) is 0 Å². The number of aromatic nitrogens is 3. The van der Waals surface area contributed by atoms with Crippen LogP contribution in [-0.4, -0.2) is 68.1 Å². The maximum Gasteiger partial charge on any atom is 0.337 e. The Hall–Kier alpha value is -4.15. The maximum atomic E-state index is 14.4. The lowest BCUT2D eigenvalue weighted by atomic mass is 9.91. The molecule has 1 saturated carbocycles. The normalized spacial score (nSPS) is 19.7. The maximum absolute atomic E-state index is 14.4. The highest BCUT2D eigenvalue weighted by molar-refractivity contribution is 5.76. The van der Waals surface area contributed by atoms with Crippen LogP contribution in [0.15, 0.2) is 70.4 Å². The van der Waals surface area contributed by atoms with Crippen molar-refractivity contribution in [3.63, 3.8) is 0 Å². The van der Waals surface area contributed by atoms with Crippen molar-refractivity contribution in [2.24, 2.45) is 0 Å². The smallest absolute Gasteiger partial charge is 0.337 e. The average molecular weight is 613 g/mol. The molecule has 0 radical (unpaired) electrons. The van der Waals surface area contributed by atoms with Gasteiger partial charge >= 0.3 is 5.69 Å². The Morgan fingerprint density at radius 1 is 0.956 bits per heavy atom. The lowest BCUT2D eigenvalue weighted by molar-refractivity contribution is -0.119. The minimum atomic E-state index is -0.638. The molecule has 1 N–H and O–H groups in total. The van der Waals surface area contributed by atoms with Crippen LogP contribution >= 0.6 is 0 Å². The second-order valence-electron chi connectivity index (χ2n) is 12.7. The first-order valence-electron chi connectivity index (χ1n) is 15.9. The van der Waals surface area contributed by atoms with Gasteiger partial charge in [0.2, 0.25) is 5.91 Å². The van der Waals surface area contributed by atoms with E-state index in [1.807, 2.05) is 24.3 Å². The SMILES string of the molecule is CC(=O)N[C@H]1CC[C@@H](n2c(=O)c3cc(F)cnc3n(-c3cccc(-c4ccc(CN5CCN(C(C)C)CC5)cc4)c3)c2=O)CC1. The van der Waals surface area contributed by atoms with Crippen LogP contribution in [0.25, 0.3) is 27.8 Å². The number of fused-ring (bicyclic) bond motifs is 1. The zero-order chi connectivity index (χ0) is 31.7. The summed E-state index contributed by atoms with van der Waals surface area (Å²) in [5, 5.41) is 2.99. The van der Waals surface area contributed by atoms with Gasteiger partial charge in [0, 0.05) is 57.8 Å². The number of nitrogens with one attached hydrogen (secondary N) is 1. The summed E-state index contributed by atoms with van der Waals surface area (Å²) in [5.74, 6) is -0.735. The molecule has 0 spiro atoms. The third-order valence-corrected chi connectivity index (χ3v) is 9.30. The zero-order valence-electron chi connectivity index (χ0n) is 26.2. The van der Waals surface area contributed by atoms with Crippen LogP contribution in [0.1, 0.15) is 58.1 Å². The molecule has 2 aliphatic rings. The van der Waals surface area contributed by atoms with Gasteiger partial charge in [0.15, 0.2) is 5.65 Å². The van der Waals surface area contributed by atoms with Crippen LogP contribution in [0.5, 0.6) is 0 Å². The summed E-state index contributed by atoms with van der Waals surface area (Å²) in [4.78, 5) is 48.5. The molecule has 1 aliphatic heterocycles. The number of halogens is 1. The molecule has 2 aromatic carbocycles. The molecule has 6 rings (SSSR count). The third-order valence-electron chi connectivity index (χ3n) is 9.30. The number of carbonyl (C=O) groups is 1. The van der Waals surface area contributed by atoms with Gasteiger partial charge in [-0.1, -0.05) is 36.4 Å². The van der Waals surface area contributed by atoms with Crippen molar-refractivity contribution in [3.8, 4) is 16.8 Å². The number of pyridine rings is 1. The summed E-state index contributed by atoms with van der Waals surface area (Å²) in [7, 11) is 0. The van der Waals surface area contributed by atoms with Gasteiger partial charge in [-0.2, -0.15) is 0 Å². The van der Waals surface area contributed by atoms with Gasteiger partial charge in [0.05, 0.1) is 17.3 Å². The highest BCUT2D eigenvalue weighted by Gasteiger charge is 2.27. The van der Waals surface area contributed by atoms with Gasteiger partial charge in [-0.25, -0.2) is 18.7 Å². The number of piperazine rings is 1. The van der Waals surface area contributed by atoms with Gasteiger partial charge in [-0.05, 0) is 74.4 Å². The first kappa shape index (κ1) is 30.9. The van der Waals surface area contributed by atoms with Crippen molar-refractivity contribution in [3.05, 3.63) is 93.0 Å². The Labute approximate surface area is 262 Å². The second-order valence-corrected chi connectivity index (χ2v) is 12.7. The number of benzene rings is 2. The number of rotatable bonds is 7. The van der Waals surface area contributed by atoms with Crippen molar-refractivity contribution in [2.75, 3.05) is 26.2 Å². The Morgan fingerprint density at radius 3 is 2.33 bits per heavy atom. The molecule has 10 heteroatoms. The summed E-state index contributed by atoms with van der Waals surface area (Å²) in [6, 6.07) is 17.5. The monoisotopic (exact) mass is 612 g/mol. The van der Waals surface area contributed by atoms with Crippen molar-refractivity contribution in [2.45, 2.75) is 71.1 Å². The van der Waals surface area contributed by atoms with Gasteiger partial charge in [0.1, 0.15) is 5.82 Å². The van der Waals surface area contributed by atoms with Crippen LogP contribution in [0, 0.1) is 5.82 Å². The Bertz CT molecular complexity index is 1800. The first-order chi connectivity index (χ1) is 21.7. The molecule has 0 atom stereocenters. The number of hydrogen-bond donors (Lipinski definition) is 1. The fraction of sp³-hybridized carbons (Fsp3) is 0.429. The minimum absolute atomic E-state index is 0.00871. The van der Waals surface area contributed by atoms with Crippen molar-refractivity contribution >= 4 is 16.9 Å². The number of carbonyl (C=O) groups excluding carboxylic acids is 1. The highest BCUT2D eigenvalue weighted by atomic mass is 19.1. The van der Waals surface area contributed by atoms with E-state index in [0.29, 0.717) is 37.4 Å². The van der Waals surface area contributed by atoms with E-state index < -0.39 is 17.1 Å². The topological polar surface area (TPSA) is 92.5 Å². The van der Waals surface area contributed by atoms with E-state index >= 15 is 0 Å². The van der Waals surface area contributed by atoms with Crippen molar-refractivity contribution in [1.82, 2.24) is 29.2 Å². The van der Waals surface area contributed by atoms with E-state index in [9.17, 15) is 18.8 Å². The molecular formula is C35H41FN6O3. The second kappa shape index (κ2) is 13.1. The molecular weight excluding hydrogens is 571 g/mol. The molecule has 0 bridgehead atoms. The minimum Gasteiger partial charge on any atom is -0.354 e. The molecule has 236 valence electrons. The molecule has 45 heavy (non-hydrogen) atoms. The van der Waals surface area contributed by atoms with Crippen LogP contribution in [-0.2, 0) is 11.3 Å². The molecule has 2 aromatic heterocycles. The summed E-state index contributed by atoms with van der Waals surface area (Å²) in [6.45, 7) is 11.2. The van der Waals surface area contributed by atoms with Gasteiger partial charge in [0.25, 0.3) is 5.56 Å². The highest BCUT2D eigenvalue weighted by Crippen LogP contribution is 2.28. The molecule has 1 amide bonds.